The van der Waals surface area contributed by atoms with Crippen LogP contribution in [-0.4, -0.2) is 23.5 Å². The van der Waals surface area contributed by atoms with Crippen molar-refractivity contribution >= 4 is 17.4 Å². The topological polar surface area (TPSA) is 16.1 Å². The maximum atomic E-state index is 12.6. The smallest absolute Gasteiger partial charge is 0.357 e. The molecule has 2 heterocycles. The van der Waals surface area contributed by atoms with Crippen molar-refractivity contribution in [1.82, 2.24) is 4.98 Å². The number of anilines is 1. The summed E-state index contributed by atoms with van der Waals surface area (Å²) in [5.74, 6) is 0.833. The number of aromatic nitrogens is 1. The monoisotopic (exact) mass is 292 g/mol. The van der Waals surface area contributed by atoms with Crippen LogP contribution in [0.5, 0.6) is 0 Å². The van der Waals surface area contributed by atoms with Gasteiger partial charge in [-0.3, -0.25) is 0 Å². The van der Waals surface area contributed by atoms with Crippen LogP contribution in [0.15, 0.2) is 18.2 Å². The molecule has 0 saturated carbocycles. The first-order chi connectivity index (χ1) is 8.88. The first-order valence-electron chi connectivity index (χ1n) is 6.31. The molecule has 0 N–H and O–H groups in total. The third-order valence-electron chi connectivity index (χ3n) is 3.54. The Morgan fingerprint density at radius 1 is 1.32 bits per heavy atom. The summed E-state index contributed by atoms with van der Waals surface area (Å²) in [5, 5.41) is 0.108. The molecule has 0 spiro atoms. The fourth-order valence-electron chi connectivity index (χ4n) is 2.35. The highest BCUT2D eigenvalue weighted by Crippen LogP contribution is 2.30. The zero-order valence-electron chi connectivity index (χ0n) is 10.6. The molecule has 0 aromatic carbocycles. The molecule has 106 valence electrons. The van der Waals surface area contributed by atoms with E-state index in [2.05, 4.69) is 4.98 Å². The average molecular weight is 293 g/mol. The number of halogens is 4. The summed E-state index contributed by atoms with van der Waals surface area (Å²) in [4.78, 5) is 5.60. The summed E-state index contributed by atoms with van der Waals surface area (Å²) >= 11 is 6.05. The van der Waals surface area contributed by atoms with Crippen LogP contribution in [0.3, 0.4) is 0 Å². The van der Waals surface area contributed by atoms with Crippen molar-refractivity contribution in [3.8, 4) is 0 Å². The fraction of sp³-hybridized carbons (Fsp3) is 0.615. The molecule has 1 aromatic rings. The highest BCUT2D eigenvalue weighted by molar-refractivity contribution is 6.20. The van der Waals surface area contributed by atoms with Gasteiger partial charge in [0.2, 0.25) is 0 Å². The normalized spacial score (nSPS) is 19.5. The van der Waals surface area contributed by atoms with Gasteiger partial charge in [-0.05, 0) is 37.8 Å². The van der Waals surface area contributed by atoms with Crippen LogP contribution >= 0.6 is 11.6 Å². The molecule has 2 nitrogen and oxygen atoms in total. The minimum absolute atomic E-state index is 0.108. The van der Waals surface area contributed by atoms with Gasteiger partial charge in [0.1, 0.15) is 11.5 Å². The number of nitrogens with zero attached hydrogens (tertiary/aromatic N) is 2. The van der Waals surface area contributed by atoms with Crippen molar-refractivity contribution in [2.75, 3.05) is 18.0 Å². The van der Waals surface area contributed by atoms with Crippen LogP contribution in [0.2, 0.25) is 0 Å². The Balaban J connectivity index is 2.08. The summed E-state index contributed by atoms with van der Waals surface area (Å²) in [6, 6.07) is 4.03. The predicted octanol–water partition coefficient (Wildman–Crippen LogP) is 3.94. The van der Waals surface area contributed by atoms with E-state index in [1.54, 1.807) is 6.07 Å². The number of rotatable bonds is 2. The van der Waals surface area contributed by atoms with Gasteiger partial charge in [-0.1, -0.05) is 6.07 Å². The van der Waals surface area contributed by atoms with E-state index in [9.17, 15) is 13.2 Å². The standard InChI is InChI=1S/C13H16ClF3N2/c1-9(14)10-5-7-19(8-6-10)12-4-2-3-11(18-12)13(15,16)17/h2-4,9-10H,5-8H2,1H3. The van der Waals surface area contributed by atoms with Gasteiger partial charge in [-0.15, -0.1) is 11.6 Å². The lowest BCUT2D eigenvalue weighted by Gasteiger charge is -2.34. The van der Waals surface area contributed by atoms with Gasteiger partial charge in [-0.25, -0.2) is 4.98 Å². The van der Waals surface area contributed by atoms with E-state index in [0.29, 0.717) is 24.8 Å². The Morgan fingerprint density at radius 2 is 1.95 bits per heavy atom. The molecule has 0 bridgehead atoms. The molecule has 1 aliphatic heterocycles. The Morgan fingerprint density at radius 3 is 2.47 bits per heavy atom. The third-order valence-corrected chi connectivity index (χ3v) is 3.89. The van der Waals surface area contributed by atoms with Crippen molar-refractivity contribution in [1.29, 1.82) is 0 Å². The van der Waals surface area contributed by atoms with Crippen molar-refractivity contribution in [2.24, 2.45) is 5.92 Å². The molecule has 19 heavy (non-hydrogen) atoms. The third kappa shape index (κ3) is 3.53. The van der Waals surface area contributed by atoms with Gasteiger partial charge in [-0.2, -0.15) is 13.2 Å². The first-order valence-corrected chi connectivity index (χ1v) is 6.75. The molecule has 1 aromatic heterocycles. The van der Waals surface area contributed by atoms with E-state index in [1.165, 1.54) is 6.07 Å². The van der Waals surface area contributed by atoms with E-state index in [0.717, 1.165) is 18.9 Å². The van der Waals surface area contributed by atoms with Gasteiger partial charge in [0.25, 0.3) is 0 Å². The molecule has 0 radical (unpaired) electrons. The molecule has 1 unspecified atom stereocenters. The van der Waals surface area contributed by atoms with Crippen molar-refractivity contribution in [3.05, 3.63) is 23.9 Å². The second kappa shape index (κ2) is 5.57. The molecule has 1 atom stereocenters. The van der Waals surface area contributed by atoms with Crippen molar-refractivity contribution < 1.29 is 13.2 Å². The summed E-state index contributed by atoms with van der Waals surface area (Å²) < 4.78 is 37.8. The second-order valence-electron chi connectivity index (χ2n) is 4.88. The van der Waals surface area contributed by atoms with E-state index in [-0.39, 0.29) is 5.38 Å². The second-order valence-corrected chi connectivity index (χ2v) is 5.57. The predicted molar refractivity (Wildman–Crippen MR) is 69.5 cm³/mol. The lowest BCUT2D eigenvalue weighted by molar-refractivity contribution is -0.141. The van der Waals surface area contributed by atoms with Gasteiger partial charge >= 0.3 is 6.18 Å². The molecular weight excluding hydrogens is 277 g/mol. The van der Waals surface area contributed by atoms with E-state index >= 15 is 0 Å². The van der Waals surface area contributed by atoms with Crippen LogP contribution in [0.1, 0.15) is 25.5 Å². The molecule has 1 aliphatic rings. The van der Waals surface area contributed by atoms with Crippen LogP contribution in [0.25, 0.3) is 0 Å². The molecule has 2 rings (SSSR count). The summed E-state index contributed by atoms with van der Waals surface area (Å²) in [6.45, 7) is 3.37. The molecule has 0 amide bonds. The lowest BCUT2D eigenvalue weighted by atomic mass is 9.94. The largest absolute Gasteiger partial charge is 0.433 e. The van der Waals surface area contributed by atoms with Gasteiger partial charge in [0, 0.05) is 18.5 Å². The maximum absolute atomic E-state index is 12.6. The first kappa shape index (κ1) is 14.4. The maximum Gasteiger partial charge on any atom is 0.433 e. The van der Waals surface area contributed by atoms with E-state index in [1.807, 2.05) is 11.8 Å². The Hall–Kier alpha value is -0.970. The summed E-state index contributed by atoms with van der Waals surface area (Å²) in [6.07, 6.45) is -2.61. The van der Waals surface area contributed by atoms with Crippen LogP contribution in [0, 0.1) is 5.92 Å². The molecule has 6 heteroatoms. The quantitative estimate of drug-likeness (QED) is 0.768. The molecule has 1 fully saturated rings. The fourth-order valence-corrected chi connectivity index (χ4v) is 2.60. The summed E-state index contributed by atoms with van der Waals surface area (Å²) in [7, 11) is 0. The van der Waals surface area contributed by atoms with Crippen LogP contribution < -0.4 is 4.90 Å². The van der Waals surface area contributed by atoms with E-state index < -0.39 is 11.9 Å². The van der Waals surface area contributed by atoms with Crippen molar-refractivity contribution in [3.63, 3.8) is 0 Å². The number of hydrogen-bond donors (Lipinski definition) is 0. The van der Waals surface area contributed by atoms with Crippen molar-refractivity contribution in [2.45, 2.75) is 31.3 Å². The number of alkyl halides is 4. The minimum atomic E-state index is -4.39. The number of pyridine rings is 1. The average Bonchev–Trinajstić information content (AvgIpc) is 2.38. The van der Waals surface area contributed by atoms with Gasteiger partial charge in [0.15, 0.2) is 0 Å². The van der Waals surface area contributed by atoms with Crippen LogP contribution in [-0.2, 0) is 6.18 Å². The summed E-state index contributed by atoms with van der Waals surface area (Å²) in [5.41, 5.74) is -0.835. The minimum Gasteiger partial charge on any atom is -0.357 e. The molecule has 1 saturated heterocycles. The van der Waals surface area contributed by atoms with Gasteiger partial charge < -0.3 is 4.90 Å². The van der Waals surface area contributed by atoms with Gasteiger partial charge in [0.05, 0.1) is 0 Å². The highest BCUT2D eigenvalue weighted by Gasteiger charge is 2.33. The Bertz CT molecular complexity index is 426. The molecular formula is C13H16ClF3N2. The zero-order chi connectivity index (χ0) is 14.0. The number of piperidine rings is 1. The lowest BCUT2D eigenvalue weighted by Crippen LogP contribution is -2.36. The molecule has 0 aliphatic carbocycles. The number of hydrogen-bond acceptors (Lipinski definition) is 2. The Kier molecular flexibility index (Phi) is 4.23. The Labute approximate surface area is 115 Å². The highest BCUT2D eigenvalue weighted by atomic mass is 35.5. The van der Waals surface area contributed by atoms with E-state index in [4.69, 9.17) is 11.6 Å². The SMILES string of the molecule is CC(Cl)C1CCN(c2cccc(C(F)(F)F)n2)CC1. The van der Waals surface area contributed by atoms with Crippen LogP contribution in [0.4, 0.5) is 19.0 Å². The zero-order valence-corrected chi connectivity index (χ0v) is 11.4.